The van der Waals surface area contributed by atoms with Crippen molar-refractivity contribution < 1.29 is 32.3 Å². The molecule has 0 bridgehead atoms. The van der Waals surface area contributed by atoms with Gasteiger partial charge in [-0.05, 0) is 26.2 Å². The number of ether oxygens (including phenoxy) is 2. The maximum atomic E-state index is 12.4. The quantitative estimate of drug-likeness (QED) is 0.421. The Morgan fingerprint density at radius 1 is 1.35 bits per heavy atom. The zero-order chi connectivity index (χ0) is 17.6. The first-order chi connectivity index (χ1) is 10.5. The first-order valence-electron chi connectivity index (χ1n) is 7.43. The molecule has 1 amide bonds. The van der Waals surface area contributed by atoms with Gasteiger partial charge in [0.25, 0.3) is 0 Å². The second-order valence-corrected chi connectivity index (χ2v) is 9.40. The summed E-state index contributed by atoms with van der Waals surface area (Å²) in [5.41, 5.74) is 0. The van der Waals surface area contributed by atoms with Crippen LogP contribution in [0.3, 0.4) is 0 Å². The van der Waals surface area contributed by atoms with Gasteiger partial charge in [0, 0.05) is 0 Å². The highest BCUT2D eigenvalue weighted by Crippen LogP contribution is 2.46. The molecule has 2 aliphatic rings. The molecule has 2 fully saturated rings. The Balaban J connectivity index is 2.07. The van der Waals surface area contributed by atoms with Crippen molar-refractivity contribution >= 4 is 27.9 Å². The molecule has 9 heteroatoms. The van der Waals surface area contributed by atoms with Crippen LogP contribution in [0.4, 0.5) is 4.79 Å². The van der Waals surface area contributed by atoms with Gasteiger partial charge in [-0.15, -0.1) is 0 Å². The predicted molar refractivity (Wildman–Crippen MR) is 78.9 cm³/mol. The minimum absolute atomic E-state index is 0.0986. The number of nitrogens with zero attached hydrogens (tertiary/aromatic N) is 1. The Bertz CT molecular complexity index is 638. The van der Waals surface area contributed by atoms with E-state index >= 15 is 0 Å². The van der Waals surface area contributed by atoms with Crippen LogP contribution in [0.2, 0.25) is 0 Å². The first kappa shape index (κ1) is 17.7. The molecule has 8 nitrogen and oxygen atoms in total. The Labute approximate surface area is 135 Å². The number of sulfone groups is 1. The van der Waals surface area contributed by atoms with Gasteiger partial charge in [0.15, 0.2) is 15.9 Å². The standard InChI is InChI=1S/C14H21NO7S/c1-8(2)5-6-21-13(18)22-12(17)11-14(3,4)23(19,20)10-7-9(16)15(10)11/h8,10-11H,5-7H2,1-4H3. The van der Waals surface area contributed by atoms with E-state index in [9.17, 15) is 22.8 Å². The Kier molecular flexibility index (Phi) is 4.44. The summed E-state index contributed by atoms with van der Waals surface area (Å²) in [7, 11) is -3.70. The van der Waals surface area contributed by atoms with Gasteiger partial charge in [-0.2, -0.15) is 0 Å². The third-order valence-corrected chi connectivity index (χ3v) is 7.10. The van der Waals surface area contributed by atoms with Crippen LogP contribution in [0.5, 0.6) is 0 Å². The number of rotatable bonds is 4. The minimum atomic E-state index is -3.70. The van der Waals surface area contributed by atoms with Crippen LogP contribution in [0.1, 0.15) is 40.5 Å². The molecule has 130 valence electrons. The molecule has 2 saturated heterocycles. The SMILES string of the molecule is CC(C)CCOC(=O)OC(=O)C1N2C(=O)CC2S(=O)(=O)C1(C)C. The van der Waals surface area contributed by atoms with Crippen LogP contribution in [0.25, 0.3) is 0 Å². The third kappa shape index (κ3) is 2.82. The lowest BCUT2D eigenvalue weighted by atomic mass is 9.98. The van der Waals surface area contributed by atoms with Crippen molar-refractivity contribution in [2.24, 2.45) is 5.92 Å². The molecule has 2 unspecified atom stereocenters. The number of esters is 1. The zero-order valence-corrected chi connectivity index (χ0v) is 14.4. The lowest BCUT2D eigenvalue weighted by Crippen LogP contribution is -2.57. The molecule has 2 aliphatic heterocycles. The summed E-state index contributed by atoms with van der Waals surface area (Å²) in [6, 6.07) is -1.34. The monoisotopic (exact) mass is 347 g/mol. The molecule has 0 aromatic heterocycles. The van der Waals surface area contributed by atoms with Crippen LogP contribution < -0.4 is 0 Å². The van der Waals surface area contributed by atoms with Gasteiger partial charge in [0.2, 0.25) is 5.91 Å². The molecule has 0 spiro atoms. The maximum Gasteiger partial charge on any atom is 0.516 e. The maximum absolute atomic E-state index is 12.4. The Hall–Kier alpha value is -1.64. The number of hydrogen-bond donors (Lipinski definition) is 0. The number of β-lactam (4-membered cyclic amide) rings is 1. The molecule has 0 radical (unpaired) electrons. The smallest absolute Gasteiger partial charge is 0.434 e. The second kappa shape index (κ2) is 5.77. The van der Waals surface area contributed by atoms with Crippen LogP contribution in [0, 0.1) is 5.92 Å². The third-order valence-electron chi connectivity index (χ3n) is 4.30. The van der Waals surface area contributed by atoms with Crippen molar-refractivity contribution in [2.45, 2.75) is 56.7 Å². The van der Waals surface area contributed by atoms with Gasteiger partial charge < -0.3 is 14.4 Å². The fraction of sp³-hybridized carbons (Fsp3) is 0.786. The summed E-state index contributed by atoms with van der Waals surface area (Å²) in [6.07, 6.45) is -0.714. The highest BCUT2D eigenvalue weighted by atomic mass is 32.2. The number of fused-ring (bicyclic) bond motifs is 1. The van der Waals surface area contributed by atoms with Crippen LogP contribution >= 0.6 is 0 Å². The normalized spacial score (nSPS) is 27.3. The van der Waals surface area contributed by atoms with Crippen molar-refractivity contribution in [1.82, 2.24) is 4.90 Å². The van der Waals surface area contributed by atoms with Gasteiger partial charge in [-0.1, -0.05) is 13.8 Å². The highest BCUT2D eigenvalue weighted by Gasteiger charge is 2.68. The molecule has 2 atom stereocenters. The van der Waals surface area contributed by atoms with E-state index in [1.165, 1.54) is 13.8 Å². The summed E-state index contributed by atoms with van der Waals surface area (Å²) >= 11 is 0. The summed E-state index contributed by atoms with van der Waals surface area (Å²) < 4.78 is 32.6. The van der Waals surface area contributed by atoms with Crippen molar-refractivity contribution in [3.8, 4) is 0 Å². The van der Waals surface area contributed by atoms with E-state index < -0.39 is 44.0 Å². The number of carbonyl (C=O) groups excluding carboxylic acids is 3. The molecular weight excluding hydrogens is 326 g/mol. The zero-order valence-electron chi connectivity index (χ0n) is 13.6. The van der Waals surface area contributed by atoms with Gasteiger partial charge >= 0.3 is 12.1 Å². The van der Waals surface area contributed by atoms with Gasteiger partial charge in [-0.25, -0.2) is 18.0 Å². The lowest BCUT2D eigenvalue weighted by molar-refractivity contribution is -0.158. The molecule has 2 heterocycles. The molecule has 0 aromatic rings. The predicted octanol–water partition coefficient (Wildman–Crippen LogP) is 0.846. The van der Waals surface area contributed by atoms with E-state index in [0.29, 0.717) is 12.3 Å². The van der Waals surface area contributed by atoms with Crippen molar-refractivity contribution in [3.63, 3.8) is 0 Å². The minimum Gasteiger partial charge on any atom is -0.434 e. The van der Waals surface area contributed by atoms with Crippen molar-refractivity contribution in [1.29, 1.82) is 0 Å². The van der Waals surface area contributed by atoms with E-state index in [2.05, 4.69) is 4.74 Å². The number of hydrogen-bond acceptors (Lipinski definition) is 7. The van der Waals surface area contributed by atoms with Crippen LogP contribution in [-0.2, 0) is 28.9 Å². The first-order valence-corrected chi connectivity index (χ1v) is 8.98. The lowest BCUT2D eigenvalue weighted by Gasteiger charge is -2.35. The van der Waals surface area contributed by atoms with E-state index in [1.54, 1.807) is 0 Å². The van der Waals surface area contributed by atoms with Crippen LogP contribution in [-0.4, -0.2) is 54.1 Å². The van der Waals surface area contributed by atoms with E-state index in [1.807, 2.05) is 13.8 Å². The topological polar surface area (TPSA) is 107 Å². The summed E-state index contributed by atoms with van der Waals surface area (Å²) in [5, 5.41) is -1.01. The second-order valence-electron chi connectivity index (χ2n) is 6.71. The molecule has 0 aromatic carbocycles. The molecule has 0 aliphatic carbocycles. The number of carbonyl (C=O) groups is 3. The van der Waals surface area contributed by atoms with Crippen molar-refractivity contribution in [2.75, 3.05) is 6.61 Å². The fourth-order valence-corrected chi connectivity index (χ4v) is 4.88. The molecule has 2 rings (SSSR count). The molecular formula is C14H21NO7S. The van der Waals surface area contributed by atoms with Crippen molar-refractivity contribution in [3.05, 3.63) is 0 Å². The summed E-state index contributed by atoms with van der Waals surface area (Å²) in [5.74, 6) is -1.21. The van der Waals surface area contributed by atoms with Crippen LogP contribution in [0.15, 0.2) is 0 Å². The van der Waals surface area contributed by atoms with E-state index in [-0.39, 0.29) is 13.0 Å². The largest absolute Gasteiger partial charge is 0.516 e. The fourth-order valence-electron chi connectivity index (χ4n) is 2.75. The van der Waals surface area contributed by atoms with Gasteiger partial charge in [0.1, 0.15) is 5.37 Å². The summed E-state index contributed by atoms with van der Waals surface area (Å²) in [6.45, 7) is 6.69. The van der Waals surface area contributed by atoms with Gasteiger partial charge in [0.05, 0.1) is 17.8 Å². The Morgan fingerprint density at radius 2 is 1.96 bits per heavy atom. The molecule has 23 heavy (non-hydrogen) atoms. The average Bonchev–Trinajstić information content (AvgIpc) is 2.52. The molecule has 0 saturated carbocycles. The highest BCUT2D eigenvalue weighted by molar-refractivity contribution is 7.93. The number of amides is 1. The van der Waals surface area contributed by atoms with E-state index in [0.717, 1.165) is 4.90 Å². The Morgan fingerprint density at radius 3 is 2.48 bits per heavy atom. The van der Waals surface area contributed by atoms with Gasteiger partial charge in [-0.3, -0.25) is 4.79 Å². The molecule has 0 N–H and O–H groups in total. The van der Waals surface area contributed by atoms with E-state index in [4.69, 9.17) is 4.74 Å². The average molecular weight is 347 g/mol. The summed E-state index contributed by atoms with van der Waals surface area (Å²) in [4.78, 5) is 36.4.